The first-order valence-electron chi connectivity index (χ1n) is 17.6. The van der Waals surface area contributed by atoms with Crippen LogP contribution in [-0.2, 0) is 0 Å². The van der Waals surface area contributed by atoms with Crippen LogP contribution >= 0.6 is 11.8 Å². The van der Waals surface area contributed by atoms with Crippen LogP contribution in [0.5, 0.6) is 0 Å². The molecule has 0 spiro atoms. The number of alkyl halides is 3. The van der Waals surface area contributed by atoms with Crippen LogP contribution in [-0.4, -0.2) is 12.2 Å². The standard InChI is InChI=1S/C45H36BF3N2S/c1-25-19-27(3)41(28(4)20-25)50-38-23-33(52-45(47,48)49)24-39-40(38)46(36-17-15-31-11-7-9-13-34(31)43(36)50)37-18-16-32-12-8-10-14-35(32)44(37)51(39)42-29(5)21-26(2)22-30(42)6/h7-24H,1-6H3. The molecular formula is C45H36BF3N2S. The van der Waals surface area contributed by atoms with Crippen molar-refractivity contribution in [2.24, 2.45) is 0 Å². The van der Waals surface area contributed by atoms with Crippen LogP contribution in [0.3, 0.4) is 0 Å². The molecular weight excluding hydrogens is 668 g/mol. The van der Waals surface area contributed by atoms with Gasteiger partial charge in [0.1, 0.15) is 0 Å². The molecule has 0 fully saturated rings. The van der Waals surface area contributed by atoms with Gasteiger partial charge in [-0.3, -0.25) is 0 Å². The van der Waals surface area contributed by atoms with E-state index in [1.165, 1.54) is 0 Å². The maximum atomic E-state index is 14.5. The summed E-state index contributed by atoms with van der Waals surface area (Å²) in [6, 6.07) is 37.9. The number of fused-ring (bicyclic) bond motifs is 8. The third-order valence-corrected chi connectivity index (χ3v) is 11.5. The number of hydrogen-bond acceptors (Lipinski definition) is 3. The Morgan fingerprint density at radius 3 is 1.31 bits per heavy atom. The lowest BCUT2D eigenvalue weighted by Crippen LogP contribution is -2.61. The van der Waals surface area contributed by atoms with Gasteiger partial charge in [0.2, 0.25) is 0 Å². The number of rotatable bonds is 3. The molecule has 0 saturated carbocycles. The van der Waals surface area contributed by atoms with Crippen LogP contribution in [0.15, 0.2) is 114 Å². The summed E-state index contributed by atoms with van der Waals surface area (Å²) in [6.07, 6.45) is 0. The lowest BCUT2D eigenvalue weighted by atomic mass is 9.33. The predicted octanol–water partition coefficient (Wildman–Crippen LogP) is 11.5. The molecule has 256 valence electrons. The van der Waals surface area contributed by atoms with Gasteiger partial charge in [-0.05, 0) is 115 Å². The summed E-state index contributed by atoms with van der Waals surface area (Å²) in [6.45, 7) is 12.4. The highest BCUT2D eigenvalue weighted by Crippen LogP contribution is 2.52. The monoisotopic (exact) mass is 704 g/mol. The normalized spacial score (nSPS) is 13.4. The molecule has 0 N–H and O–H groups in total. The quantitative estimate of drug-likeness (QED) is 0.134. The maximum absolute atomic E-state index is 14.5. The van der Waals surface area contributed by atoms with Crippen molar-refractivity contribution in [3.63, 3.8) is 0 Å². The first-order chi connectivity index (χ1) is 24.9. The van der Waals surface area contributed by atoms with Crippen molar-refractivity contribution < 1.29 is 13.2 Å². The molecule has 52 heavy (non-hydrogen) atoms. The van der Waals surface area contributed by atoms with Crippen LogP contribution in [0.2, 0.25) is 0 Å². The molecule has 7 heteroatoms. The molecule has 2 nitrogen and oxygen atoms in total. The Balaban J connectivity index is 1.50. The Labute approximate surface area is 307 Å². The van der Waals surface area contributed by atoms with Gasteiger partial charge in [-0.1, -0.05) is 108 Å². The molecule has 0 radical (unpaired) electrons. The van der Waals surface area contributed by atoms with E-state index in [0.717, 1.165) is 105 Å². The summed E-state index contributed by atoms with van der Waals surface area (Å²) in [5.74, 6) is 0. The van der Waals surface area contributed by atoms with E-state index in [1.807, 2.05) is 12.1 Å². The van der Waals surface area contributed by atoms with Gasteiger partial charge in [0, 0.05) is 38.4 Å². The first kappa shape index (κ1) is 32.8. The second-order valence-corrected chi connectivity index (χ2v) is 15.6. The van der Waals surface area contributed by atoms with Crippen molar-refractivity contribution in [3.05, 3.63) is 143 Å². The smallest absolute Gasteiger partial charge is 0.310 e. The fourth-order valence-corrected chi connectivity index (χ4v) is 9.81. The van der Waals surface area contributed by atoms with E-state index < -0.39 is 5.51 Å². The van der Waals surface area contributed by atoms with Crippen molar-refractivity contribution >= 4 is 90.5 Å². The topological polar surface area (TPSA) is 6.48 Å². The lowest BCUT2D eigenvalue weighted by molar-refractivity contribution is -0.0328. The minimum absolute atomic E-state index is 0.0389. The largest absolute Gasteiger partial charge is 0.446 e. The van der Waals surface area contributed by atoms with Crippen LogP contribution in [0.4, 0.5) is 47.3 Å². The molecule has 0 aliphatic carbocycles. The van der Waals surface area contributed by atoms with E-state index in [4.69, 9.17) is 0 Å². The van der Waals surface area contributed by atoms with E-state index >= 15 is 0 Å². The zero-order chi connectivity index (χ0) is 36.2. The summed E-state index contributed by atoms with van der Waals surface area (Å²) in [5.41, 5.74) is 11.0. The van der Waals surface area contributed by atoms with Gasteiger partial charge in [0.15, 0.2) is 0 Å². The number of hydrogen-bond donors (Lipinski definition) is 0. The van der Waals surface area contributed by atoms with Crippen LogP contribution < -0.4 is 26.2 Å². The molecule has 0 saturated heterocycles. The highest BCUT2D eigenvalue weighted by molar-refractivity contribution is 8.00. The molecule has 0 atom stereocenters. The highest BCUT2D eigenvalue weighted by Gasteiger charge is 2.46. The summed E-state index contributed by atoms with van der Waals surface area (Å²) in [5, 5.41) is 4.30. The van der Waals surface area contributed by atoms with Crippen LogP contribution in [0, 0.1) is 41.5 Å². The number of aryl methyl sites for hydroxylation is 6. The molecule has 9 rings (SSSR count). The Kier molecular flexibility index (Phi) is 7.36. The summed E-state index contributed by atoms with van der Waals surface area (Å²) < 4.78 is 43.5. The number of benzene rings is 7. The Morgan fingerprint density at radius 1 is 0.500 bits per heavy atom. The molecule has 0 aromatic heterocycles. The van der Waals surface area contributed by atoms with Gasteiger partial charge in [-0.2, -0.15) is 13.2 Å². The predicted molar refractivity (Wildman–Crippen MR) is 216 cm³/mol. The second kappa shape index (κ2) is 11.7. The van der Waals surface area contributed by atoms with Crippen molar-refractivity contribution in [1.82, 2.24) is 0 Å². The van der Waals surface area contributed by atoms with Crippen molar-refractivity contribution in [1.29, 1.82) is 0 Å². The summed E-state index contributed by atoms with van der Waals surface area (Å²) in [7, 11) is 0. The van der Waals surface area contributed by atoms with E-state index in [-0.39, 0.29) is 23.4 Å². The average Bonchev–Trinajstić information content (AvgIpc) is 3.08. The molecule has 0 unspecified atom stereocenters. The number of halogens is 3. The van der Waals surface area contributed by atoms with Gasteiger partial charge < -0.3 is 9.80 Å². The Morgan fingerprint density at radius 2 is 0.904 bits per heavy atom. The maximum Gasteiger partial charge on any atom is 0.446 e. The highest BCUT2D eigenvalue weighted by atomic mass is 32.2. The molecule has 7 aromatic carbocycles. The van der Waals surface area contributed by atoms with Gasteiger partial charge in [0.05, 0.1) is 11.4 Å². The van der Waals surface area contributed by atoms with Gasteiger partial charge in [-0.25, -0.2) is 0 Å². The van der Waals surface area contributed by atoms with Crippen molar-refractivity contribution in [2.75, 3.05) is 9.80 Å². The SMILES string of the molecule is Cc1cc(C)c(N2c3cc(SC(F)(F)F)cc4c3B(c3ccc5ccccc5c32)c2ccc3ccccc3c2N4c2c(C)cc(C)cc2C)c(C)c1. The third-order valence-electron chi connectivity index (χ3n) is 10.8. The third kappa shape index (κ3) is 4.96. The number of thioether (sulfide) groups is 1. The van der Waals surface area contributed by atoms with E-state index in [0.29, 0.717) is 0 Å². The minimum Gasteiger partial charge on any atom is -0.310 e. The zero-order valence-electron chi connectivity index (χ0n) is 29.9. The molecule has 2 heterocycles. The molecule has 0 amide bonds. The van der Waals surface area contributed by atoms with E-state index in [1.54, 1.807) is 12.1 Å². The van der Waals surface area contributed by atoms with Gasteiger partial charge in [-0.15, -0.1) is 0 Å². The van der Waals surface area contributed by atoms with E-state index in [2.05, 4.69) is 136 Å². The zero-order valence-corrected chi connectivity index (χ0v) is 30.7. The van der Waals surface area contributed by atoms with Gasteiger partial charge >= 0.3 is 5.51 Å². The minimum atomic E-state index is -4.47. The number of nitrogens with zero attached hydrogens (tertiary/aromatic N) is 2. The summed E-state index contributed by atoms with van der Waals surface area (Å²) in [4.78, 5) is 4.71. The van der Waals surface area contributed by atoms with E-state index in [9.17, 15) is 13.2 Å². The van der Waals surface area contributed by atoms with Crippen molar-refractivity contribution in [3.8, 4) is 0 Å². The van der Waals surface area contributed by atoms with Crippen molar-refractivity contribution in [2.45, 2.75) is 51.9 Å². The molecule has 0 bridgehead atoms. The lowest BCUT2D eigenvalue weighted by Gasteiger charge is -2.46. The van der Waals surface area contributed by atoms with Crippen LogP contribution in [0.1, 0.15) is 33.4 Å². The first-order valence-corrected chi connectivity index (χ1v) is 18.4. The van der Waals surface area contributed by atoms with Crippen LogP contribution in [0.25, 0.3) is 21.5 Å². The Hall–Kier alpha value is -5.14. The summed E-state index contributed by atoms with van der Waals surface area (Å²) >= 11 is -0.0389. The number of anilines is 6. The fraction of sp³-hybridized carbons (Fsp3) is 0.156. The average molecular weight is 705 g/mol. The molecule has 2 aliphatic heterocycles. The fourth-order valence-electron chi connectivity index (χ4n) is 9.20. The van der Waals surface area contributed by atoms with Gasteiger partial charge in [0.25, 0.3) is 6.71 Å². The molecule has 7 aromatic rings. The molecule has 2 aliphatic rings. The Bertz CT molecular complexity index is 2430. The second-order valence-electron chi connectivity index (χ2n) is 14.5.